The van der Waals surface area contributed by atoms with Crippen molar-refractivity contribution in [2.75, 3.05) is 14.2 Å². The normalized spacial score (nSPS) is 11.4. The molecule has 4 heterocycles. The van der Waals surface area contributed by atoms with Gasteiger partial charge < -0.3 is 24.8 Å². The van der Waals surface area contributed by atoms with Crippen molar-refractivity contribution in [1.82, 2.24) is 34.8 Å². The van der Waals surface area contributed by atoms with Crippen LogP contribution in [0.15, 0.2) is 54.9 Å². The van der Waals surface area contributed by atoms with Crippen LogP contribution >= 0.6 is 23.2 Å². The lowest BCUT2D eigenvalue weighted by Gasteiger charge is -2.24. The van der Waals surface area contributed by atoms with Crippen molar-refractivity contribution in [1.29, 1.82) is 0 Å². The topological polar surface area (TPSA) is 127 Å². The first-order valence-corrected chi connectivity index (χ1v) is 15.4. The zero-order chi connectivity index (χ0) is 33.1. The maximum absolute atomic E-state index is 11.7. The number of hydrogen-bond donors (Lipinski definition) is 2. The number of nitrogens with one attached hydrogen (secondary N) is 1. The minimum atomic E-state index is -1.02. The van der Waals surface area contributed by atoms with Crippen molar-refractivity contribution >= 4 is 34.9 Å². The van der Waals surface area contributed by atoms with Crippen LogP contribution in [0.4, 0.5) is 4.79 Å². The van der Waals surface area contributed by atoms with Crippen molar-refractivity contribution in [3.05, 3.63) is 76.3 Å². The highest BCUT2D eigenvalue weighted by Gasteiger charge is 2.22. The fourth-order valence-corrected chi connectivity index (χ4v) is 5.66. The van der Waals surface area contributed by atoms with Crippen LogP contribution in [0.25, 0.3) is 39.3 Å². The number of ether oxygens (including phenoxy) is 2. The Hall–Kier alpha value is -4.45. The Morgan fingerprint density at radius 1 is 1.00 bits per heavy atom. The number of amides is 1. The standard InChI is InChI=1S/C33H35Cl2N7O4/c1-18(2)37-15-27-39-31-26(45-5)14-21(17-42(31)40-27)30-29(35)23(12-13-36-30)22-8-7-9-24(28(22)34)25-11-10-20(32(38-25)46-6)16-41(19(3)4)33(43)44/h7-14,17-19,37H,15-16H2,1-6H3,(H,43,44). The van der Waals surface area contributed by atoms with Crippen molar-refractivity contribution in [2.45, 2.75) is 52.9 Å². The molecule has 0 bridgehead atoms. The summed E-state index contributed by atoms with van der Waals surface area (Å²) in [6.07, 6.45) is 2.48. The average molecular weight is 665 g/mol. The van der Waals surface area contributed by atoms with Crippen LogP contribution < -0.4 is 14.8 Å². The molecule has 5 aromatic rings. The van der Waals surface area contributed by atoms with Gasteiger partial charge in [-0.1, -0.05) is 55.2 Å². The van der Waals surface area contributed by atoms with Crippen molar-refractivity contribution in [2.24, 2.45) is 0 Å². The molecule has 0 saturated heterocycles. The van der Waals surface area contributed by atoms with E-state index in [1.165, 1.54) is 12.0 Å². The Balaban J connectivity index is 1.53. The van der Waals surface area contributed by atoms with Gasteiger partial charge in [-0.15, -0.1) is 5.10 Å². The fraction of sp³-hybridized carbons (Fsp3) is 0.303. The molecule has 11 nitrogen and oxygen atoms in total. The summed E-state index contributed by atoms with van der Waals surface area (Å²) < 4.78 is 12.9. The van der Waals surface area contributed by atoms with Gasteiger partial charge in [0, 0.05) is 52.3 Å². The number of fused-ring (bicyclic) bond motifs is 1. The molecule has 0 aliphatic carbocycles. The molecule has 0 atom stereocenters. The van der Waals surface area contributed by atoms with Gasteiger partial charge in [-0.3, -0.25) is 4.98 Å². The molecular formula is C33H35Cl2N7O4. The summed E-state index contributed by atoms with van der Waals surface area (Å²) in [5.41, 5.74) is 5.02. The number of carbonyl (C=O) groups is 1. The molecule has 0 aliphatic heterocycles. The molecule has 1 aromatic carbocycles. The fourth-order valence-electron chi connectivity index (χ4n) is 5.01. The second-order valence-corrected chi connectivity index (χ2v) is 11.9. The van der Waals surface area contributed by atoms with E-state index in [1.54, 1.807) is 36.0 Å². The van der Waals surface area contributed by atoms with Gasteiger partial charge in [-0.2, -0.15) is 0 Å². The zero-order valence-electron chi connectivity index (χ0n) is 26.4. The van der Waals surface area contributed by atoms with Gasteiger partial charge in [0.25, 0.3) is 0 Å². The first-order valence-electron chi connectivity index (χ1n) is 14.7. The van der Waals surface area contributed by atoms with E-state index < -0.39 is 6.09 Å². The summed E-state index contributed by atoms with van der Waals surface area (Å²) in [5, 5.41) is 18.4. The minimum absolute atomic E-state index is 0.133. The van der Waals surface area contributed by atoms with E-state index in [1.807, 2.05) is 44.3 Å². The Bertz CT molecular complexity index is 1890. The zero-order valence-corrected chi connectivity index (χ0v) is 27.9. The first-order chi connectivity index (χ1) is 22.0. The molecule has 1 amide bonds. The molecule has 0 radical (unpaired) electrons. The number of pyridine rings is 3. The molecule has 0 aliphatic rings. The lowest BCUT2D eigenvalue weighted by atomic mass is 10.00. The number of nitrogens with zero attached hydrogens (tertiary/aromatic N) is 6. The van der Waals surface area contributed by atoms with Crippen LogP contribution in [0, 0.1) is 0 Å². The van der Waals surface area contributed by atoms with Crippen LogP contribution in [0.1, 0.15) is 39.1 Å². The van der Waals surface area contributed by atoms with E-state index in [-0.39, 0.29) is 18.6 Å². The van der Waals surface area contributed by atoms with Gasteiger partial charge in [0.1, 0.15) is 0 Å². The second-order valence-electron chi connectivity index (χ2n) is 11.2. The van der Waals surface area contributed by atoms with Crippen molar-refractivity contribution < 1.29 is 19.4 Å². The summed E-state index contributed by atoms with van der Waals surface area (Å²) in [4.78, 5) is 27.0. The molecule has 2 N–H and O–H groups in total. The maximum Gasteiger partial charge on any atom is 0.407 e. The van der Waals surface area contributed by atoms with E-state index in [2.05, 4.69) is 39.2 Å². The number of aromatic nitrogens is 5. The van der Waals surface area contributed by atoms with E-state index in [0.29, 0.717) is 78.9 Å². The highest BCUT2D eigenvalue weighted by molar-refractivity contribution is 6.39. The number of halogens is 2. The Morgan fingerprint density at radius 2 is 1.74 bits per heavy atom. The second kappa shape index (κ2) is 13.9. The number of carboxylic acid groups (broad SMARTS) is 1. The number of benzene rings is 1. The van der Waals surface area contributed by atoms with Gasteiger partial charge in [0.2, 0.25) is 5.88 Å². The minimum Gasteiger partial charge on any atom is -0.493 e. The number of rotatable bonds is 11. The van der Waals surface area contributed by atoms with Gasteiger partial charge >= 0.3 is 6.09 Å². The maximum atomic E-state index is 11.7. The third-order valence-electron chi connectivity index (χ3n) is 7.40. The lowest BCUT2D eigenvalue weighted by molar-refractivity contribution is 0.128. The van der Waals surface area contributed by atoms with Gasteiger partial charge in [-0.25, -0.2) is 19.3 Å². The molecule has 0 unspecified atom stereocenters. The smallest absolute Gasteiger partial charge is 0.407 e. The average Bonchev–Trinajstić information content (AvgIpc) is 3.45. The molecule has 240 valence electrons. The monoisotopic (exact) mass is 663 g/mol. The highest BCUT2D eigenvalue weighted by Crippen LogP contribution is 2.42. The summed E-state index contributed by atoms with van der Waals surface area (Å²) in [5.74, 6) is 1.49. The summed E-state index contributed by atoms with van der Waals surface area (Å²) in [6, 6.07) is 12.9. The van der Waals surface area contributed by atoms with Crippen molar-refractivity contribution in [3.8, 4) is 45.3 Å². The van der Waals surface area contributed by atoms with Crippen LogP contribution in [-0.2, 0) is 13.1 Å². The lowest BCUT2D eigenvalue weighted by Crippen LogP contribution is -2.35. The Morgan fingerprint density at radius 3 is 2.41 bits per heavy atom. The molecule has 4 aromatic heterocycles. The first kappa shape index (κ1) is 32.9. The molecule has 13 heteroatoms. The van der Waals surface area contributed by atoms with E-state index in [0.717, 1.165) is 0 Å². The summed E-state index contributed by atoms with van der Waals surface area (Å²) >= 11 is 14.1. The Kier molecular flexibility index (Phi) is 9.95. The van der Waals surface area contributed by atoms with Crippen LogP contribution in [0.2, 0.25) is 10.0 Å². The van der Waals surface area contributed by atoms with E-state index in [9.17, 15) is 9.90 Å². The Labute approximate surface area is 277 Å². The predicted octanol–water partition coefficient (Wildman–Crippen LogP) is 7.23. The summed E-state index contributed by atoms with van der Waals surface area (Å²) in [7, 11) is 3.08. The third-order valence-corrected chi connectivity index (χ3v) is 8.19. The van der Waals surface area contributed by atoms with Crippen LogP contribution in [0.5, 0.6) is 11.6 Å². The van der Waals surface area contributed by atoms with Crippen LogP contribution in [0.3, 0.4) is 0 Å². The van der Waals surface area contributed by atoms with E-state index >= 15 is 0 Å². The van der Waals surface area contributed by atoms with Gasteiger partial charge in [0.15, 0.2) is 17.2 Å². The number of hydrogen-bond acceptors (Lipinski definition) is 8. The van der Waals surface area contributed by atoms with Crippen molar-refractivity contribution in [3.63, 3.8) is 0 Å². The quantitative estimate of drug-likeness (QED) is 0.150. The van der Waals surface area contributed by atoms with Gasteiger partial charge in [-0.05, 0) is 38.1 Å². The van der Waals surface area contributed by atoms with Gasteiger partial charge in [0.05, 0.1) is 48.7 Å². The van der Waals surface area contributed by atoms with E-state index in [4.69, 9.17) is 32.7 Å². The molecular weight excluding hydrogens is 629 g/mol. The SMILES string of the molecule is COc1nc(-c2cccc(-c3ccnc(-c4cc(OC)c5nc(CNC(C)C)nn5c4)c3Cl)c2Cl)ccc1CN(C(=O)O)C(C)C. The molecule has 0 saturated carbocycles. The highest BCUT2D eigenvalue weighted by atomic mass is 35.5. The molecule has 5 rings (SSSR count). The third kappa shape index (κ3) is 6.72. The summed E-state index contributed by atoms with van der Waals surface area (Å²) in [6.45, 7) is 8.40. The molecule has 0 fully saturated rings. The molecule has 0 spiro atoms. The van der Waals surface area contributed by atoms with Crippen LogP contribution in [-0.4, -0.2) is 67.0 Å². The molecule has 46 heavy (non-hydrogen) atoms. The largest absolute Gasteiger partial charge is 0.493 e. The number of methoxy groups -OCH3 is 2. The predicted molar refractivity (Wildman–Crippen MR) is 179 cm³/mol.